The molecule has 0 radical (unpaired) electrons. The zero-order chi connectivity index (χ0) is 8.81. The summed E-state index contributed by atoms with van der Waals surface area (Å²) >= 11 is 1.70. The van der Waals surface area contributed by atoms with Crippen LogP contribution >= 0.6 is 11.3 Å². The lowest BCUT2D eigenvalue weighted by molar-refractivity contribution is 0.183. The largest absolute Gasteiger partial charge is 0.396 e. The molecule has 0 amide bonds. The van der Waals surface area contributed by atoms with Gasteiger partial charge in [-0.3, -0.25) is 0 Å². The van der Waals surface area contributed by atoms with E-state index in [0.29, 0.717) is 6.42 Å². The summed E-state index contributed by atoms with van der Waals surface area (Å²) in [6, 6.07) is 4.07. The standard InChI is InChI=1S/C9H14O2S/c10-4-3-8(7-11)6-9-2-1-5-12-9/h1-2,5,8,10-11H,3-4,6-7H2. The molecule has 1 unspecified atom stereocenters. The van der Waals surface area contributed by atoms with E-state index < -0.39 is 0 Å². The maximum absolute atomic E-state index is 8.95. The molecular formula is C9H14O2S. The van der Waals surface area contributed by atoms with Crippen LogP contribution in [0.5, 0.6) is 0 Å². The molecule has 0 aliphatic heterocycles. The molecule has 2 nitrogen and oxygen atoms in total. The summed E-state index contributed by atoms with van der Waals surface area (Å²) in [5.41, 5.74) is 0. The first-order valence-electron chi connectivity index (χ1n) is 4.11. The van der Waals surface area contributed by atoms with Crippen LogP contribution in [0.25, 0.3) is 0 Å². The van der Waals surface area contributed by atoms with Crippen LogP contribution in [0.2, 0.25) is 0 Å². The molecule has 0 aliphatic rings. The zero-order valence-corrected chi connectivity index (χ0v) is 7.76. The SMILES string of the molecule is OCCC(CO)Cc1cccs1. The van der Waals surface area contributed by atoms with E-state index in [9.17, 15) is 0 Å². The highest BCUT2D eigenvalue weighted by Crippen LogP contribution is 2.16. The molecule has 0 saturated carbocycles. The Morgan fingerprint density at radius 2 is 2.25 bits per heavy atom. The van der Waals surface area contributed by atoms with Gasteiger partial charge in [0.1, 0.15) is 0 Å². The van der Waals surface area contributed by atoms with E-state index in [0.717, 1.165) is 6.42 Å². The number of hydrogen-bond donors (Lipinski definition) is 2. The molecule has 1 atom stereocenters. The second-order valence-corrected chi connectivity index (χ2v) is 3.88. The number of thiophene rings is 1. The van der Waals surface area contributed by atoms with E-state index in [2.05, 4.69) is 6.07 Å². The second kappa shape index (κ2) is 5.30. The molecule has 1 aromatic heterocycles. The molecule has 0 spiro atoms. The predicted molar refractivity (Wildman–Crippen MR) is 50.3 cm³/mol. The van der Waals surface area contributed by atoms with E-state index in [-0.39, 0.29) is 19.1 Å². The van der Waals surface area contributed by atoms with E-state index in [1.807, 2.05) is 11.4 Å². The van der Waals surface area contributed by atoms with Gasteiger partial charge in [-0.25, -0.2) is 0 Å². The van der Waals surface area contributed by atoms with Crippen molar-refractivity contribution >= 4 is 11.3 Å². The van der Waals surface area contributed by atoms with Crippen molar-refractivity contribution in [2.75, 3.05) is 13.2 Å². The van der Waals surface area contributed by atoms with Crippen LogP contribution < -0.4 is 0 Å². The summed E-state index contributed by atoms with van der Waals surface area (Å²) in [6.07, 6.45) is 1.57. The first kappa shape index (κ1) is 9.71. The Bertz CT molecular complexity index is 196. The van der Waals surface area contributed by atoms with Gasteiger partial charge in [0.15, 0.2) is 0 Å². The van der Waals surface area contributed by atoms with E-state index in [1.54, 1.807) is 11.3 Å². The summed E-state index contributed by atoms with van der Waals surface area (Å²) in [5.74, 6) is 0.216. The van der Waals surface area contributed by atoms with Gasteiger partial charge in [-0.1, -0.05) is 6.07 Å². The van der Waals surface area contributed by atoms with E-state index in [1.165, 1.54) is 4.88 Å². The fourth-order valence-corrected chi connectivity index (χ4v) is 1.97. The van der Waals surface area contributed by atoms with Crippen LogP contribution in [0.3, 0.4) is 0 Å². The molecule has 0 bridgehead atoms. The first-order valence-corrected chi connectivity index (χ1v) is 4.99. The molecule has 3 heteroatoms. The molecule has 1 heterocycles. The van der Waals surface area contributed by atoms with E-state index in [4.69, 9.17) is 10.2 Å². The summed E-state index contributed by atoms with van der Waals surface area (Å²) in [6.45, 7) is 0.328. The van der Waals surface area contributed by atoms with Gasteiger partial charge in [0, 0.05) is 18.1 Å². The lowest BCUT2D eigenvalue weighted by Gasteiger charge is -2.10. The number of hydrogen-bond acceptors (Lipinski definition) is 3. The predicted octanol–water partition coefficient (Wildman–Crippen LogP) is 1.28. The van der Waals surface area contributed by atoms with Crippen molar-refractivity contribution < 1.29 is 10.2 Å². The topological polar surface area (TPSA) is 40.5 Å². The van der Waals surface area contributed by atoms with Gasteiger partial charge in [-0.15, -0.1) is 11.3 Å². The quantitative estimate of drug-likeness (QED) is 0.727. The summed E-state index contributed by atoms with van der Waals surface area (Å²) < 4.78 is 0. The lowest BCUT2D eigenvalue weighted by Crippen LogP contribution is -2.10. The smallest absolute Gasteiger partial charge is 0.0463 e. The lowest BCUT2D eigenvalue weighted by atomic mass is 10.0. The van der Waals surface area contributed by atoms with Gasteiger partial charge in [0.2, 0.25) is 0 Å². The minimum Gasteiger partial charge on any atom is -0.396 e. The van der Waals surface area contributed by atoms with Gasteiger partial charge in [0.05, 0.1) is 0 Å². The van der Waals surface area contributed by atoms with Gasteiger partial charge in [0.25, 0.3) is 0 Å². The third-order valence-corrected chi connectivity index (χ3v) is 2.76. The van der Waals surface area contributed by atoms with Crippen LogP contribution in [0.1, 0.15) is 11.3 Å². The molecule has 0 aliphatic carbocycles. The second-order valence-electron chi connectivity index (χ2n) is 2.84. The Balaban J connectivity index is 2.37. The minimum atomic E-state index is 0.163. The van der Waals surface area contributed by atoms with Gasteiger partial charge < -0.3 is 10.2 Å². The maximum Gasteiger partial charge on any atom is 0.0463 e. The number of aliphatic hydroxyl groups is 2. The normalized spacial score (nSPS) is 13.2. The fourth-order valence-electron chi connectivity index (χ4n) is 1.15. The molecule has 2 N–H and O–H groups in total. The fraction of sp³-hybridized carbons (Fsp3) is 0.556. The van der Waals surface area contributed by atoms with Crippen molar-refractivity contribution in [2.45, 2.75) is 12.8 Å². The molecule has 1 aromatic rings. The summed E-state index contributed by atoms with van der Waals surface area (Å²) in [7, 11) is 0. The molecular weight excluding hydrogens is 172 g/mol. The average Bonchev–Trinajstić information content (AvgIpc) is 2.56. The molecule has 0 saturated heterocycles. The highest BCUT2D eigenvalue weighted by Gasteiger charge is 2.07. The first-order chi connectivity index (χ1) is 5.86. The molecule has 0 aromatic carbocycles. The van der Waals surface area contributed by atoms with Crippen LogP contribution in [0.15, 0.2) is 17.5 Å². The molecule has 68 valence electrons. The van der Waals surface area contributed by atoms with Crippen molar-refractivity contribution in [1.29, 1.82) is 0 Å². The van der Waals surface area contributed by atoms with Crippen LogP contribution in [0.4, 0.5) is 0 Å². The molecule has 0 fully saturated rings. The van der Waals surface area contributed by atoms with Crippen molar-refractivity contribution in [3.63, 3.8) is 0 Å². The number of aliphatic hydroxyl groups excluding tert-OH is 2. The average molecular weight is 186 g/mol. The Morgan fingerprint density at radius 3 is 2.75 bits per heavy atom. The van der Waals surface area contributed by atoms with Crippen molar-refractivity contribution in [3.8, 4) is 0 Å². The Labute approximate surface area is 76.5 Å². The van der Waals surface area contributed by atoms with Gasteiger partial charge >= 0.3 is 0 Å². The Morgan fingerprint density at radius 1 is 1.42 bits per heavy atom. The minimum absolute atomic E-state index is 0.163. The molecule has 1 rings (SSSR count). The van der Waals surface area contributed by atoms with Crippen LogP contribution in [-0.4, -0.2) is 23.4 Å². The summed E-state index contributed by atoms with van der Waals surface area (Å²) in [4.78, 5) is 1.28. The van der Waals surface area contributed by atoms with Gasteiger partial charge in [-0.05, 0) is 30.2 Å². The highest BCUT2D eigenvalue weighted by molar-refractivity contribution is 7.09. The third-order valence-electron chi connectivity index (χ3n) is 1.87. The van der Waals surface area contributed by atoms with Crippen molar-refractivity contribution in [1.82, 2.24) is 0 Å². The monoisotopic (exact) mass is 186 g/mol. The van der Waals surface area contributed by atoms with Gasteiger partial charge in [-0.2, -0.15) is 0 Å². The summed E-state index contributed by atoms with van der Waals surface area (Å²) in [5, 5.41) is 19.7. The zero-order valence-electron chi connectivity index (χ0n) is 6.94. The Kier molecular flexibility index (Phi) is 4.29. The van der Waals surface area contributed by atoms with E-state index >= 15 is 0 Å². The highest BCUT2D eigenvalue weighted by atomic mass is 32.1. The maximum atomic E-state index is 8.95. The number of rotatable bonds is 5. The Hall–Kier alpha value is -0.380. The van der Waals surface area contributed by atoms with Crippen molar-refractivity contribution in [3.05, 3.63) is 22.4 Å². The molecule has 12 heavy (non-hydrogen) atoms. The van der Waals surface area contributed by atoms with Crippen LogP contribution in [-0.2, 0) is 6.42 Å². The van der Waals surface area contributed by atoms with Crippen molar-refractivity contribution in [2.24, 2.45) is 5.92 Å². The third kappa shape index (κ3) is 2.93. The van der Waals surface area contributed by atoms with Crippen LogP contribution in [0, 0.1) is 5.92 Å².